The van der Waals surface area contributed by atoms with Crippen LogP contribution in [-0.4, -0.2) is 37.1 Å². The molecule has 0 aromatic heterocycles. The Labute approximate surface area is 99.8 Å². The first-order valence-electron chi connectivity index (χ1n) is 5.64. The van der Waals surface area contributed by atoms with Crippen LogP contribution in [0.25, 0.3) is 0 Å². The fourth-order valence-electron chi connectivity index (χ4n) is 2.11. The summed E-state index contributed by atoms with van der Waals surface area (Å²) in [6.45, 7) is 1.01. The third-order valence-electron chi connectivity index (χ3n) is 3.12. The second kappa shape index (κ2) is 4.71. The number of amides is 2. The molecule has 5 heteroatoms. The van der Waals surface area contributed by atoms with Gasteiger partial charge < -0.3 is 10.6 Å². The normalized spacial score (nSPS) is 20.2. The minimum absolute atomic E-state index is 0.0621. The number of para-hydroxylation sites is 1. The van der Waals surface area contributed by atoms with Crippen molar-refractivity contribution in [1.82, 2.24) is 4.90 Å². The molecular weight excluding hydrogens is 221 g/mol. The molecule has 17 heavy (non-hydrogen) atoms. The number of hydrogen-bond acceptors (Lipinski definition) is 2. The van der Waals surface area contributed by atoms with Gasteiger partial charge in [-0.3, -0.25) is 4.90 Å². The third kappa shape index (κ3) is 2.10. The number of urea groups is 1. The molecule has 92 valence electrons. The number of hydrogen-bond donors (Lipinski definition) is 1. The van der Waals surface area contributed by atoms with E-state index in [1.54, 1.807) is 30.1 Å². The number of rotatable bonds is 3. The summed E-state index contributed by atoms with van der Waals surface area (Å²) in [6, 6.07) is 6.20. The predicted octanol–water partition coefficient (Wildman–Crippen LogP) is 1.41. The van der Waals surface area contributed by atoms with Crippen molar-refractivity contribution in [3.05, 3.63) is 30.1 Å². The molecule has 1 aliphatic heterocycles. The summed E-state index contributed by atoms with van der Waals surface area (Å²) in [7, 11) is 1.73. The van der Waals surface area contributed by atoms with Crippen LogP contribution < -0.4 is 10.6 Å². The van der Waals surface area contributed by atoms with Gasteiger partial charge in [-0.15, -0.1) is 0 Å². The van der Waals surface area contributed by atoms with Crippen molar-refractivity contribution in [3.8, 4) is 0 Å². The summed E-state index contributed by atoms with van der Waals surface area (Å²) in [5.74, 6) is -0.373. The van der Waals surface area contributed by atoms with E-state index in [1.807, 2.05) is 0 Å². The Morgan fingerprint density at radius 3 is 2.82 bits per heavy atom. The van der Waals surface area contributed by atoms with Crippen molar-refractivity contribution in [2.45, 2.75) is 12.5 Å². The van der Waals surface area contributed by atoms with Gasteiger partial charge in [-0.2, -0.15) is 0 Å². The van der Waals surface area contributed by atoms with Gasteiger partial charge in [0.2, 0.25) is 0 Å². The highest BCUT2D eigenvalue weighted by Crippen LogP contribution is 2.26. The highest BCUT2D eigenvalue weighted by Gasteiger charge is 2.35. The van der Waals surface area contributed by atoms with Crippen LogP contribution in [0.2, 0.25) is 0 Å². The highest BCUT2D eigenvalue weighted by atomic mass is 19.1. The largest absolute Gasteiger partial charge is 0.330 e. The van der Waals surface area contributed by atoms with Crippen LogP contribution in [0.15, 0.2) is 24.3 Å². The average molecular weight is 237 g/mol. The number of halogens is 1. The topological polar surface area (TPSA) is 49.6 Å². The number of anilines is 1. The molecule has 1 aromatic rings. The molecule has 2 rings (SSSR count). The lowest BCUT2D eigenvalue weighted by Crippen LogP contribution is -2.32. The van der Waals surface area contributed by atoms with Gasteiger partial charge in [0.1, 0.15) is 5.82 Å². The summed E-state index contributed by atoms with van der Waals surface area (Å²) in [5.41, 5.74) is 5.84. The molecule has 0 radical (unpaired) electrons. The van der Waals surface area contributed by atoms with Crippen molar-refractivity contribution in [2.24, 2.45) is 5.73 Å². The summed E-state index contributed by atoms with van der Waals surface area (Å²) >= 11 is 0. The van der Waals surface area contributed by atoms with Crippen LogP contribution in [0, 0.1) is 5.82 Å². The van der Waals surface area contributed by atoms with Crippen molar-refractivity contribution in [2.75, 3.05) is 25.0 Å². The third-order valence-corrected chi connectivity index (χ3v) is 3.12. The Balaban J connectivity index is 2.24. The molecule has 0 aliphatic carbocycles. The highest BCUT2D eigenvalue weighted by molar-refractivity contribution is 5.94. The smallest absolute Gasteiger partial charge is 0.324 e. The summed E-state index contributed by atoms with van der Waals surface area (Å²) < 4.78 is 13.6. The van der Waals surface area contributed by atoms with E-state index in [4.69, 9.17) is 5.73 Å². The van der Waals surface area contributed by atoms with Gasteiger partial charge >= 0.3 is 6.03 Å². The van der Waals surface area contributed by atoms with Crippen LogP contribution >= 0.6 is 0 Å². The zero-order valence-corrected chi connectivity index (χ0v) is 9.77. The van der Waals surface area contributed by atoms with Crippen LogP contribution in [0.1, 0.15) is 6.42 Å². The van der Waals surface area contributed by atoms with Crippen LogP contribution in [0.5, 0.6) is 0 Å². The van der Waals surface area contributed by atoms with Gasteiger partial charge in [-0.1, -0.05) is 12.1 Å². The van der Waals surface area contributed by atoms with Gasteiger partial charge in [0.05, 0.1) is 11.7 Å². The molecule has 2 N–H and O–H groups in total. The molecule has 0 bridgehead atoms. The number of nitrogens with zero attached hydrogens (tertiary/aromatic N) is 2. The molecule has 1 aliphatic rings. The van der Waals surface area contributed by atoms with Gasteiger partial charge in [-0.05, 0) is 25.1 Å². The first-order valence-corrected chi connectivity index (χ1v) is 5.64. The van der Waals surface area contributed by atoms with Crippen molar-refractivity contribution in [3.63, 3.8) is 0 Å². The summed E-state index contributed by atoms with van der Waals surface area (Å²) in [5, 5.41) is 0. The Kier molecular flexibility index (Phi) is 3.28. The minimum atomic E-state index is -0.373. The molecular formula is C12H16FN3O. The van der Waals surface area contributed by atoms with Crippen molar-refractivity contribution in [1.29, 1.82) is 0 Å². The quantitative estimate of drug-likeness (QED) is 0.864. The van der Waals surface area contributed by atoms with Gasteiger partial charge in [0.15, 0.2) is 0 Å². The van der Waals surface area contributed by atoms with E-state index >= 15 is 0 Å². The fraction of sp³-hybridized carbons (Fsp3) is 0.417. The maximum atomic E-state index is 13.6. The lowest BCUT2D eigenvalue weighted by atomic mass is 10.2. The second-order valence-corrected chi connectivity index (χ2v) is 4.19. The molecule has 2 amide bonds. The van der Waals surface area contributed by atoms with Crippen molar-refractivity contribution >= 4 is 11.7 Å². The van der Waals surface area contributed by atoms with Gasteiger partial charge in [0.25, 0.3) is 0 Å². The number of nitrogens with two attached hydrogens (primary N) is 1. The van der Waals surface area contributed by atoms with Crippen LogP contribution in [0.3, 0.4) is 0 Å². The monoisotopic (exact) mass is 237 g/mol. The minimum Gasteiger partial charge on any atom is -0.330 e. The molecule has 0 spiro atoms. The number of carbonyl (C=O) groups is 1. The van der Waals surface area contributed by atoms with E-state index in [2.05, 4.69) is 0 Å². The Bertz CT molecular complexity index is 424. The fourth-order valence-corrected chi connectivity index (χ4v) is 2.11. The van der Waals surface area contributed by atoms with E-state index in [1.165, 1.54) is 11.0 Å². The average Bonchev–Trinajstić information content (AvgIpc) is 2.59. The lowest BCUT2D eigenvalue weighted by Gasteiger charge is -2.16. The van der Waals surface area contributed by atoms with Gasteiger partial charge in [0, 0.05) is 13.6 Å². The lowest BCUT2D eigenvalue weighted by molar-refractivity contribution is 0.217. The number of carbonyl (C=O) groups excluding carboxylic acids is 1. The molecule has 1 heterocycles. The predicted molar refractivity (Wildman–Crippen MR) is 64.4 cm³/mol. The first-order chi connectivity index (χ1) is 8.15. The van der Waals surface area contributed by atoms with E-state index in [-0.39, 0.29) is 17.9 Å². The van der Waals surface area contributed by atoms with Gasteiger partial charge in [-0.25, -0.2) is 9.18 Å². The summed E-state index contributed by atoms with van der Waals surface area (Å²) in [6.07, 6.45) is 0.729. The molecule has 1 aromatic carbocycles. The van der Waals surface area contributed by atoms with Crippen molar-refractivity contribution < 1.29 is 9.18 Å². The van der Waals surface area contributed by atoms with Crippen LogP contribution in [0.4, 0.5) is 14.9 Å². The standard InChI is InChI=1S/C12H16FN3O/c1-15-9(6-7-14)8-16(12(15)17)11-5-3-2-4-10(11)13/h2-5,9H,6-8,14H2,1H3. The van der Waals surface area contributed by atoms with Crippen LogP contribution in [-0.2, 0) is 0 Å². The molecule has 1 atom stereocenters. The zero-order chi connectivity index (χ0) is 12.4. The number of likely N-dealkylation sites (N-methyl/N-ethyl adjacent to an activating group) is 1. The van der Waals surface area contributed by atoms with E-state index in [0.29, 0.717) is 18.8 Å². The Hall–Kier alpha value is -1.62. The Morgan fingerprint density at radius 2 is 2.18 bits per heavy atom. The summed E-state index contributed by atoms with van der Waals surface area (Å²) in [4.78, 5) is 15.1. The SMILES string of the molecule is CN1C(=O)N(c2ccccc2F)CC1CCN. The maximum absolute atomic E-state index is 13.6. The molecule has 0 saturated carbocycles. The van der Waals surface area contributed by atoms with E-state index in [9.17, 15) is 9.18 Å². The molecule has 4 nitrogen and oxygen atoms in total. The van der Waals surface area contributed by atoms with E-state index < -0.39 is 0 Å². The second-order valence-electron chi connectivity index (χ2n) is 4.19. The molecule has 1 unspecified atom stereocenters. The molecule has 1 fully saturated rings. The Morgan fingerprint density at radius 1 is 1.47 bits per heavy atom. The van der Waals surface area contributed by atoms with E-state index in [0.717, 1.165) is 6.42 Å². The number of benzene rings is 1. The first kappa shape index (κ1) is 11.9. The maximum Gasteiger partial charge on any atom is 0.324 e. The molecule has 1 saturated heterocycles. The zero-order valence-electron chi connectivity index (χ0n) is 9.77.